The molecule has 118 valence electrons. The molecule has 0 aliphatic carbocycles. The first kappa shape index (κ1) is 16.4. The highest BCUT2D eigenvalue weighted by molar-refractivity contribution is 7.89. The maximum absolute atomic E-state index is 12.7. The third-order valence-electron chi connectivity index (χ3n) is 4.11. The highest BCUT2D eigenvalue weighted by Gasteiger charge is 2.30. The van der Waals surface area contributed by atoms with Gasteiger partial charge >= 0.3 is 0 Å². The van der Waals surface area contributed by atoms with Crippen molar-refractivity contribution >= 4 is 10.0 Å². The van der Waals surface area contributed by atoms with Crippen molar-refractivity contribution in [3.8, 4) is 0 Å². The molecule has 2 rings (SSSR count). The Morgan fingerprint density at radius 3 is 2.81 bits per heavy atom. The molecule has 5 nitrogen and oxygen atoms in total. The first-order valence-corrected chi connectivity index (χ1v) is 8.77. The molecule has 1 aromatic rings. The molecule has 0 spiro atoms. The third-order valence-corrected chi connectivity index (χ3v) is 6.02. The Kier molecular flexibility index (Phi) is 5.37. The average Bonchev–Trinajstić information content (AvgIpc) is 3.02. The Morgan fingerprint density at radius 2 is 2.24 bits per heavy atom. The van der Waals surface area contributed by atoms with E-state index in [4.69, 9.17) is 4.74 Å². The van der Waals surface area contributed by atoms with E-state index in [1.807, 2.05) is 13.1 Å². The van der Waals surface area contributed by atoms with Gasteiger partial charge in [-0.3, -0.25) is 0 Å². The predicted octanol–water partition coefficient (Wildman–Crippen LogP) is 1.77. The van der Waals surface area contributed by atoms with E-state index in [1.165, 1.54) is 4.31 Å². The summed E-state index contributed by atoms with van der Waals surface area (Å²) in [6, 6.07) is 7.30. The Bertz CT molecular complexity index is 564. The number of nitrogens with one attached hydrogen (secondary N) is 1. The van der Waals surface area contributed by atoms with Crippen LogP contribution < -0.4 is 5.32 Å². The summed E-state index contributed by atoms with van der Waals surface area (Å²) in [6.07, 6.45) is 1.66. The van der Waals surface area contributed by atoms with E-state index in [0.717, 1.165) is 18.4 Å². The number of rotatable bonds is 6. The molecule has 0 bridgehead atoms. The lowest BCUT2D eigenvalue weighted by molar-refractivity contribution is 0.181. The third kappa shape index (κ3) is 3.45. The molecule has 1 aliphatic rings. The van der Waals surface area contributed by atoms with Crippen LogP contribution in [0.4, 0.5) is 0 Å². The van der Waals surface area contributed by atoms with Crippen molar-refractivity contribution in [1.82, 2.24) is 9.62 Å². The maximum atomic E-state index is 12.7. The van der Waals surface area contributed by atoms with Crippen LogP contribution in [0.3, 0.4) is 0 Å². The average molecular weight is 312 g/mol. The van der Waals surface area contributed by atoms with Gasteiger partial charge in [-0.05, 0) is 37.6 Å². The van der Waals surface area contributed by atoms with Crippen LogP contribution in [0.15, 0.2) is 29.2 Å². The van der Waals surface area contributed by atoms with Crippen LogP contribution in [0.1, 0.15) is 31.4 Å². The SMILES string of the molecule is CCC(NC)c1cccc(S(=O)(=O)N(C)C2CCOC2)c1. The summed E-state index contributed by atoms with van der Waals surface area (Å²) in [5.41, 5.74) is 0.997. The zero-order valence-corrected chi connectivity index (χ0v) is 13.7. The van der Waals surface area contributed by atoms with Gasteiger partial charge in [-0.2, -0.15) is 4.31 Å². The fourth-order valence-electron chi connectivity index (χ4n) is 2.67. The lowest BCUT2D eigenvalue weighted by atomic mass is 10.1. The molecule has 1 aromatic carbocycles. The van der Waals surface area contributed by atoms with E-state index in [9.17, 15) is 8.42 Å². The molecular formula is C15H24N2O3S. The van der Waals surface area contributed by atoms with Gasteiger partial charge in [-0.1, -0.05) is 19.1 Å². The van der Waals surface area contributed by atoms with E-state index >= 15 is 0 Å². The molecule has 1 saturated heterocycles. The smallest absolute Gasteiger partial charge is 0.243 e. The lowest BCUT2D eigenvalue weighted by Crippen LogP contribution is -2.37. The largest absolute Gasteiger partial charge is 0.380 e. The first-order valence-electron chi connectivity index (χ1n) is 7.33. The summed E-state index contributed by atoms with van der Waals surface area (Å²) >= 11 is 0. The van der Waals surface area contributed by atoms with Gasteiger partial charge in [-0.15, -0.1) is 0 Å². The van der Waals surface area contributed by atoms with Crippen molar-refractivity contribution in [2.24, 2.45) is 0 Å². The van der Waals surface area contributed by atoms with E-state index in [-0.39, 0.29) is 12.1 Å². The minimum Gasteiger partial charge on any atom is -0.380 e. The molecule has 1 N–H and O–H groups in total. The molecule has 1 heterocycles. The van der Waals surface area contributed by atoms with Gasteiger partial charge in [0.2, 0.25) is 10.0 Å². The van der Waals surface area contributed by atoms with E-state index < -0.39 is 10.0 Å². The summed E-state index contributed by atoms with van der Waals surface area (Å²) < 4.78 is 32.2. The molecule has 0 amide bonds. The van der Waals surface area contributed by atoms with Crippen LogP contribution in [0.2, 0.25) is 0 Å². The van der Waals surface area contributed by atoms with Crippen molar-refractivity contribution in [3.63, 3.8) is 0 Å². The molecule has 2 atom stereocenters. The molecule has 0 radical (unpaired) electrons. The first-order chi connectivity index (χ1) is 10.0. The second-order valence-electron chi connectivity index (χ2n) is 5.36. The summed E-state index contributed by atoms with van der Waals surface area (Å²) in [5.74, 6) is 0. The normalized spacial score (nSPS) is 20.9. The summed E-state index contributed by atoms with van der Waals surface area (Å²) in [6.45, 7) is 3.18. The number of hydrogen-bond donors (Lipinski definition) is 1. The molecular weight excluding hydrogens is 288 g/mol. The summed E-state index contributed by atoms with van der Waals surface area (Å²) in [5, 5.41) is 3.20. The topological polar surface area (TPSA) is 58.6 Å². The number of sulfonamides is 1. The van der Waals surface area contributed by atoms with Crippen LogP contribution in [0.5, 0.6) is 0 Å². The Labute approximate surface area is 127 Å². The van der Waals surface area contributed by atoms with Crippen molar-refractivity contribution in [1.29, 1.82) is 0 Å². The maximum Gasteiger partial charge on any atom is 0.243 e. The number of likely N-dealkylation sites (N-methyl/N-ethyl adjacent to an activating group) is 1. The fourth-order valence-corrected chi connectivity index (χ4v) is 4.10. The highest BCUT2D eigenvalue weighted by Crippen LogP contribution is 2.24. The summed E-state index contributed by atoms with van der Waals surface area (Å²) in [7, 11) is 0.0526. The Balaban J connectivity index is 2.29. The van der Waals surface area contributed by atoms with Crippen LogP contribution in [0, 0.1) is 0 Å². The monoisotopic (exact) mass is 312 g/mol. The zero-order valence-electron chi connectivity index (χ0n) is 12.9. The van der Waals surface area contributed by atoms with Crippen molar-refractivity contribution < 1.29 is 13.2 Å². The van der Waals surface area contributed by atoms with Crippen molar-refractivity contribution in [3.05, 3.63) is 29.8 Å². The van der Waals surface area contributed by atoms with Gasteiger partial charge in [-0.25, -0.2) is 8.42 Å². The van der Waals surface area contributed by atoms with Crippen molar-refractivity contribution in [2.45, 2.75) is 36.7 Å². The molecule has 0 saturated carbocycles. The standard InChI is InChI=1S/C15H24N2O3S/c1-4-15(16-2)12-6-5-7-14(10-12)21(18,19)17(3)13-8-9-20-11-13/h5-7,10,13,15-16H,4,8-9,11H2,1-3H3. The molecule has 6 heteroatoms. The number of ether oxygens (including phenoxy) is 1. The quantitative estimate of drug-likeness (QED) is 0.870. The second-order valence-corrected chi connectivity index (χ2v) is 7.36. The van der Waals surface area contributed by atoms with Gasteiger partial charge in [0.15, 0.2) is 0 Å². The van der Waals surface area contributed by atoms with E-state index in [1.54, 1.807) is 25.2 Å². The number of hydrogen-bond acceptors (Lipinski definition) is 4. The molecule has 1 fully saturated rings. The molecule has 21 heavy (non-hydrogen) atoms. The van der Waals surface area contributed by atoms with Crippen LogP contribution in [-0.4, -0.2) is 46.1 Å². The fraction of sp³-hybridized carbons (Fsp3) is 0.600. The molecule has 0 aromatic heterocycles. The lowest BCUT2D eigenvalue weighted by Gasteiger charge is -2.23. The van der Waals surface area contributed by atoms with Gasteiger partial charge in [0, 0.05) is 19.7 Å². The molecule has 2 unspecified atom stereocenters. The number of nitrogens with zero attached hydrogens (tertiary/aromatic N) is 1. The highest BCUT2D eigenvalue weighted by atomic mass is 32.2. The van der Waals surface area contributed by atoms with Gasteiger partial charge < -0.3 is 10.1 Å². The van der Waals surface area contributed by atoms with Crippen molar-refractivity contribution in [2.75, 3.05) is 27.3 Å². The van der Waals surface area contributed by atoms with Crippen LogP contribution >= 0.6 is 0 Å². The Morgan fingerprint density at radius 1 is 1.48 bits per heavy atom. The Hall–Kier alpha value is -0.950. The van der Waals surface area contributed by atoms with Gasteiger partial charge in [0.05, 0.1) is 17.5 Å². The van der Waals surface area contributed by atoms with Gasteiger partial charge in [0.25, 0.3) is 0 Å². The zero-order chi connectivity index (χ0) is 15.5. The van der Waals surface area contributed by atoms with Crippen LogP contribution in [-0.2, 0) is 14.8 Å². The minimum absolute atomic E-state index is 0.0649. The van der Waals surface area contributed by atoms with Gasteiger partial charge in [0.1, 0.15) is 0 Å². The number of benzene rings is 1. The van der Waals surface area contributed by atoms with E-state index in [0.29, 0.717) is 18.1 Å². The second kappa shape index (κ2) is 6.87. The molecule has 1 aliphatic heterocycles. The van der Waals surface area contributed by atoms with Crippen LogP contribution in [0.25, 0.3) is 0 Å². The minimum atomic E-state index is -3.47. The van der Waals surface area contributed by atoms with E-state index in [2.05, 4.69) is 12.2 Å². The summed E-state index contributed by atoms with van der Waals surface area (Å²) in [4.78, 5) is 0.350. The predicted molar refractivity (Wildman–Crippen MR) is 82.7 cm³/mol.